The van der Waals surface area contributed by atoms with Crippen LogP contribution in [-0.4, -0.2) is 77.9 Å². The first-order chi connectivity index (χ1) is 18.0. The molecule has 0 unspecified atom stereocenters. The fourth-order valence-corrected chi connectivity index (χ4v) is 4.84. The molecule has 37 heavy (non-hydrogen) atoms. The first-order valence-corrected chi connectivity index (χ1v) is 13.8. The highest BCUT2D eigenvalue weighted by atomic mass is 16.2. The summed E-state index contributed by atoms with van der Waals surface area (Å²) in [6.45, 7) is 4.84. The van der Waals surface area contributed by atoms with Gasteiger partial charge in [0.15, 0.2) is 0 Å². The van der Waals surface area contributed by atoms with Gasteiger partial charge in [0, 0.05) is 62.6 Å². The van der Waals surface area contributed by atoms with Crippen molar-refractivity contribution < 1.29 is 9.59 Å². The van der Waals surface area contributed by atoms with Gasteiger partial charge in [-0.05, 0) is 62.8 Å². The number of carbonyl (C=O) groups excluding carboxylic acids is 2. The predicted molar refractivity (Wildman–Crippen MR) is 145 cm³/mol. The largest absolute Gasteiger partial charge is 0.370 e. The van der Waals surface area contributed by atoms with Crippen molar-refractivity contribution in [1.82, 2.24) is 25.1 Å². The number of nitrogens with one attached hydrogen (secondary N) is 3. The average Bonchev–Trinajstić information content (AvgIpc) is 3.69. The molecule has 3 aliphatic rings. The summed E-state index contributed by atoms with van der Waals surface area (Å²) in [6.07, 6.45) is 8.74. The minimum absolute atomic E-state index is 0.172. The van der Waals surface area contributed by atoms with E-state index in [1.807, 2.05) is 35.4 Å². The monoisotopic (exact) mass is 505 g/mol. The Bertz CT molecular complexity index is 1090. The summed E-state index contributed by atoms with van der Waals surface area (Å²) in [5.41, 5.74) is 3.01. The number of likely N-dealkylation sites (N-methyl/N-ethyl adjacent to an activating group) is 1. The summed E-state index contributed by atoms with van der Waals surface area (Å²) in [5.74, 6) is 2.53. The molecule has 0 atom stereocenters. The number of hydrogen-bond acceptors (Lipinski definition) is 7. The lowest BCUT2D eigenvalue weighted by molar-refractivity contribution is -0.132. The van der Waals surface area contributed by atoms with Crippen LogP contribution in [0.2, 0.25) is 0 Å². The van der Waals surface area contributed by atoms with Gasteiger partial charge in [-0.15, -0.1) is 0 Å². The highest BCUT2D eigenvalue weighted by Crippen LogP contribution is 2.42. The molecule has 5 rings (SSSR count). The van der Waals surface area contributed by atoms with Gasteiger partial charge in [0.05, 0.1) is 6.42 Å². The molecule has 2 amide bonds. The molecule has 0 bridgehead atoms. The molecule has 0 radical (unpaired) electrons. The van der Waals surface area contributed by atoms with Crippen molar-refractivity contribution in [1.29, 1.82) is 0 Å². The Hall–Kier alpha value is -3.20. The van der Waals surface area contributed by atoms with E-state index in [9.17, 15) is 9.59 Å². The van der Waals surface area contributed by atoms with Crippen LogP contribution in [0.5, 0.6) is 0 Å². The van der Waals surface area contributed by atoms with Crippen LogP contribution < -0.4 is 16.0 Å². The van der Waals surface area contributed by atoms with E-state index in [1.54, 1.807) is 0 Å². The molecule has 0 spiro atoms. The number of aromatic nitrogens is 2. The summed E-state index contributed by atoms with van der Waals surface area (Å²) in [6, 6.07) is 7.93. The number of benzene rings is 1. The van der Waals surface area contributed by atoms with Gasteiger partial charge in [0.1, 0.15) is 5.82 Å². The van der Waals surface area contributed by atoms with Gasteiger partial charge < -0.3 is 25.8 Å². The number of amides is 2. The molecule has 2 aromatic rings. The number of hydrogen-bond donors (Lipinski definition) is 3. The van der Waals surface area contributed by atoms with E-state index in [0.717, 1.165) is 74.6 Å². The first-order valence-electron chi connectivity index (χ1n) is 13.8. The third-order valence-corrected chi connectivity index (χ3v) is 7.65. The molecular weight excluding hydrogens is 466 g/mol. The van der Waals surface area contributed by atoms with E-state index in [2.05, 4.69) is 32.9 Å². The van der Waals surface area contributed by atoms with Gasteiger partial charge in [0.25, 0.3) is 0 Å². The lowest BCUT2D eigenvalue weighted by Gasteiger charge is -2.32. The first kappa shape index (κ1) is 25.4. The van der Waals surface area contributed by atoms with Crippen LogP contribution in [0, 0.1) is 5.92 Å². The molecule has 2 saturated carbocycles. The van der Waals surface area contributed by atoms with E-state index >= 15 is 0 Å². The quantitative estimate of drug-likeness (QED) is 0.403. The van der Waals surface area contributed by atoms with E-state index < -0.39 is 0 Å². The second-order valence-electron chi connectivity index (χ2n) is 10.7. The molecule has 9 nitrogen and oxygen atoms in total. The third-order valence-electron chi connectivity index (χ3n) is 7.65. The molecule has 3 N–H and O–H groups in total. The van der Waals surface area contributed by atoms with Gasteiger partial charge in [0.2, 0.25) is 17.8 Å². The standard InChI is InChI=1S/C28H39N7O2/c1-34-13-15-35(16-14-34)25(36)18-20-5-2-8-23(17-20)32-28-31-19-24(21-9-10-21)26(33-28)29-11-4-12-30-27(37)22-6-3-7-22/h2,5,8,17,19,21-22H,3-4,6-7,9-16,18H2,1H3,(H,30,37)(H2,29,31,32,33). The molecule has 9 heteroatoms. The average molecular weight is 506 g/mol. The zero-order chi connectivity index (χ0) is 25.6. The molecule has 1 aliphatic heterocycles. The summed E-state index contributed by atoms with van der Waals surface area (Å²) in [5, 5.41) is 9.85. The van der Waals surface area contributed by atoms with Crippen LogP contribution >= 0.6 is 0 Å². The van der Waals surface area contributed by atoms with Crippen molar-refractivity contribution in [3.05, 3.63) is 41.6 Å². The molecule has 1 aromatic carbocycles. The number of carbonyl (C=O) groups is 2. The van der Waals surface area contributed by atoms with E-state index in [0.29, 0.717) is 24.8 Å². The van der Waals surface area contributed by atoms with Gasteiger partial charge in [-0.2, -0.15) is 4.98 Å². The molecule has 2 heterocycles. The normalized spacial score (nSPS) is 18.2. The summed E-state index contributed by atoms with van der Waals surface area (Å²) in [4.78, 5) is 38.3. The fourth-order valence-electron chi connectivity index (χ4n) is 4.84. The Labute approximate surface area is 219 Å². The van der Waals surface area contributed by atoms with Crippen molar-refractivity contribution in [3.63, 3.8) is 0 Å². The number of piperazine rings is 1. The molecule has 198 valence electrons. The zero-order valence-electron chi connectivity index (χ0n) is 21.8. The summed E-state index contributed by atoms with van der Waals surface area (Å²) in [7, 11) is 2.09. The lowest BCUT2D eigenvalue weighted by Crippen LogP contribution is -2.47. The van der Waals surface area contributed by atoms with E-state index in [1.165, 1.54) is 19.3 Å². The van der Waals surface area contributed by atoms with Crippen molar-refractivity contribution in [2.75, 3.05) is 56.9 Å². The fraction of sp³-hybridized carbons (Fsp3) is 0.571. The Morgan fingerprint density at radius 1 is 1.05 bits per heavy atom. The van der Waals surface area contributed by atoms with Crippen LogP contribution in [0.25, 0.3) is 0 Å². The SMILES string of the molecule is CN1CCN(C(=O)Cc2cccc(Nc3ncc(C4CC4)c(NCCCNC(=O)C4CCC4)n3)c2)CC1. The number of nitrogens with zero attached hydrogens (tertiary/aromatic N) is 4. The number of anilines is 3. The van der Waals surface area contributed by atoms with Crippen LogP contribution in [0.4, 0.5) is 17.5 Å². The Morgan fingerprint density at radius 3 is 2.59 bits per heavy atom. The highest BCUT2D eigenvalue weighted by Gasteiger charge is 2.28. The maximum Gasteiger partial charge on any atom is 0.229 e. The van der Waals surface area contributed by atoms with Crippen molar-refractivity contribution in [2.24, 2.45) is 5.92 Å². The van der Waals surface area contributed by atoms with Crippen LogP contribution in [-0.2, 0) is 16.0 Å². The smallest absolute Gasteiger partial charge is 0.229 e. The molecule has 3 fully saturated rings. The summed E-state index contributed by atoms with van der Waals surface area (Å²) >= 11 is 0. The molecule has 2 aliphatic carbocycles. The Morgan fingerprint density at radius 2 is 1.86 bits per heavy atom. The lowest BCUT2D eigenvalue weighted by atomic mass is 9.85. The van der Waals surface area contributed by atoms with Crippen LogP contribution in [0.3, 0.4) is 0 Å². The molecule has 1 saturated heterocycles. The molecule has 1 aromatic heterocycles. The number of rotatable bonds is 11. The van der Waals surface area contributed by atoms with Gasteiger partial charge >= 0.3 is 0 Å². The minimum Gasteiger partial charge on any atom is -0.370 e. The van der Waals surface area contributed by atoms with Gasteiger partial charge in [-0.3, -0.25) is 9.59 Å². The second kappa shape index (κ2) is 11.9. The maximum absolute atomic E-state index is 12.8. The molecular formula is C28H39N7O2. The highest BCUT2D eigenvalue weighted by molar-refractivity contribution is 5.79. The van der Waals surface area contributed by atoms with Crippen molar-refractivity contribution in [3.8, 4) is 0 Å². The van der Waals surface area contributed by atoms with Crippen LogP contribution in [0.15, 0.2) is 30.5 Å². The van der Waals surface area contributed by atoms with Gasteiger partial charge in [-0.25, -0.2) is 4.98 Å². The summed E-state index contributed by atoms with van der Waals surface area (Å²) < 4.78 is 0. The topological polar surface area (TPSA) is 102 Å². The zero-order valence-corrected chi connectivity index (χ0v) is 21.8. The van der Waals surface area contributed by atoms with Crippen LogP contribution in [0.1, 0.15) is 55.6 Å². The van der Waals surface area contributed by atoms with E-state index in [4.69, 9.17) is 4.98 Å². The Kier molecular flexibility index (Phi) is 8.18. The van der Waals surface area contributed by atoms with Crippen molar-refractivity contribution in [2.45, 2.75) is 50.9 Å². The second-order valence-corrected chi connectivity index (χ2v) is 10.7. The predicted octanol–water partition coefficient (Wildman–Crippen LogP) is 3.13. The van der Waals surface area contributed by atoms with Crippen molar-refractivity contribution >= 4 is 29.3 Å². The Balaban J connectivity index is 1.15. The van der Waals surface area contributed by atoms with E-state index in [-0.39, 0.29) is 17.7 Å². The van der Waals surface area contributed by atoms with Gasteiger partial charge in [-0.1, -0.05) is 18.6 Å². The minimum atomic E-state index is 0.172. The maximum atomic E-state index is 12.8. The third kappa shape index (κ3) is 6.97.